The van der Waals surface area contributed by atoms with Crippen LogP contribution in [0.5, 0.6) is 0 Å². The summed E-state index contributed by atoms with van der Waals surface area (Å²) in [6.45, 7) is 2.21. The molecule has 0 aliphatic carbocycles. The van der Waals surface area contributed by atoms with E-state index in [9.17, 15) is 13.2 Å². The largest absolute Gasteiger partial charge is 0.243 e. The molecule has 1 aromatic rings. The Balaban J connectivity index is 2.22. The average molecular weight is 359 g/mol. The number of rotatable bonds is 3. The maximum atomic E-state index is 12.6. The highest BCUT2D eigenvalue weighted by molar-refractivity contribution is 9.10. The van der Waals surface area contributed by atoms with Crippen molar-refractivity contribution in [2.45, 2.75) is 36.7 Å². The van der Waals surface area contributed by atoms with Gasteiger partial charge in [-0.05, 0) is 44.0 Å². The Kier molecular flexibility index (Phi) is 4.75. The minimum Gasteiger partial charge on any atom is -0.211 e. The second-order valence-electron chi connectivity index (χ2n) is 4.82. The summed E-state index contributed by atoms with van der Waals surface area (Å²) >= 11 is 3.29. The molecule has 7 heteroatoms. The van der Waals surface area contributed by atoms with Crippen LogP contribution >= 0.6 is 15.9 Å². The fourth-order valence-electron chi connectivity index (χ4n) is 2.42. The lowest BCUT2D eigenvalue weighted by Crippen LogP contribution is -2.45. The van der Waals surface area contributed by atoms with Crippen molar-refractivity contribution in [3.63, 3.8) is 0 Å². The second kappa shape index (κ2) is 6.18. The van der Waals surface area contributed by atoms with Crippen molar-refractivity contribution < 1.29 is 13.2 Å². The number of nitrogens with zero attached hydrogens (tertiary/aromatic N) is 2. The zero-order chi connectivity index (χ0) is 14.8. The van der Waals surface area contributed by atoms with Crippen molar-refractivity contribution in [3.05, 3.63) is 28.7 Å². The molecule has 1 saturated heterocycles. The third-order valence-corrected chi connectivity index (χ3v) is 6.00. The van der Waals surface area contributed by atoms with E-state index in [1.54, 1.807) is 30.3 Å². The molecule has 0 saturated carbocycles. The number of benzene rings is 1. The van der Waals surface area contributed by atoms with E-state index in [0.717, 1.165) is 4.47 Å². The third-order valence-electron chi connectivity index (χ3n) is 3.44. The van der Waals surface area contributed by atoms with Crippen molar-refractivity contribution in [1.29, 1.82) is 0 Å². The summed E-state index contributed by atoms with van der Waals surface area (Å²) in [7, 11) is -3.49. The zero-order valence-electron chi connectivity index (χ0n) is 11.0. The van der Waals surface area contributed by atoms with E-state index in [2.05, 4.69) is 20.9 Å². The van der Waals surface area contributed by atoms with Gasteiger partial charge in [0, 0.05) is 17.1 Å². The van der Waals surface area contributed by atoms with Gasteiger partial charge in [0.2, 0.25) is 16.1 Å². The lowest BCUT2D eigenvalue weighted by molar-refractivity contribution is 0.248. The molecule has 1 aromatic carbocycles. The molecule has 1 fully saturated rings. The molecule has 0 N–H and O–H groups in total. The van der Waals surface area contributed by atoms with Gasteiger partial charge in [-0.15, -0.1) is 0 Å². The molecule has 2 unspecified atom stereocenters. The second-order valence-corrected chi connectivity index (χ2v) is 7.62. The summed E-state index contributed by atoms with van der Waals surface area (Å²) in [5.41, 5.74) is 0. The Hall–Kier alpha value is -1.01. The van der Waals surface area contributed by atoms with E-state index in [4.69, 9.17) is 0 Å². The fraction of sp³-hybridized carbons (Fsp3) is 0.462. The van der Waals surface area contributed by atoms with Crippen LogP contribution in [0, 0.1) is 0 Å². The quantitative estimate of drug-likeness (QED) is 0.615. The zero-order valence-corrected chi connectivity index (χ0v) is 13.4. The maximum Gasteiger partial charge on any atom is 0.243 e. The topological polar surface area (TPSA) is 66.8 Å². The van der Waals surface area contributed by atoms with Gasteiger partial charge in [0.1, 0.15) is 0 Å². The minimum absolute atomic E-state index is 0.126. The molecule has 0 spiro atoms. The monoisotopic (exact) mass is 358 g/mol. The van der Waals surface area contributed by atoms with E-state index < -0.39 is 10.0 Å². The van der Waals surface area contributed by atoms with Gasteiger partial charge in [0.15, 0.2) is 0 Å². The van der Waals surface area contributed by atoms with Gasteiger partial charge >= 0.3 is 0 Å². The first-order valence-corrected chi connectivity index (χ1v) is 8.53. The molecule has 20 heavy (non-hydrogen) atoms. The molecule has 0 bridgehead atoms. The van der Waals surface area contributed by atoms with Crippen LogP contribution in [0.3, 0.4) is 0 Å². The summed E-state index contributed by atoms with van der Waals surface area (Å²) in [4.78, 5) is 14.3. The Morgan fingerprint density at radius 3 is 2.55 bits per heavy atom. The van der Waals surface area contributed by atoms with Crippen molar-refractivity contribution >= 4 is 32.0 Å². The predicted octanol–water partition coefficient (Wildman–Crippen LogP) is 2.33. The number of halogens is 1. The van der Waals surface area contributed by atoms with Crippen LogP contribution < -0.4 is 0 Å². The third kappa shape index (κ3) is 3.17. The summed E-state index contributed by atoms with van der Waals surface area (Å²) < 4.78 is 27.5. The van der Waals surface area contributed by atoms with Crippen molar-refractivity contribution in [1.82, 2.24) is 4.31 Å². The van der Waals surface area contributed by atoms with Crippen LogP contribution in [0.4, 0.5) is 0 Å². The summed E-state index contributed by atoms with van der Waals surface area (Å²) in [5, 5.41) is 0. The van der Waals surface area contributed by atoms with Crippen molar-refractivity contribution in [2.75, 3.05) is 6.54 Å². The predicted molar refractivity (Wildman–Crippen MR) is 78.6 cm³/mol. The highest BCUT2D eigenvalue weighted by atomic mass is 79.9. The normalized spacial score (nSPS) is 24.1. The maximum absolute atomic E-state index is 12.6. The molecule has 1 heterocycles. The van der Waals surface area contributed by atoms with Gasteiger partial charge in [-0.1, -0.05) is 15.9 Å². The van der Waals surface area contributed by atoms with E-state index in [1.807, 2.05) is 6.92 Å². The number of hydrogen-bond donors (Lipinski definition) is 0. The van der Waals surface area contributed by atoms with E-state index in [-0.39, 0.29) is 17.0 Å². The van der Waals surface area contributed by atoms with Gasteiger partial charge in [0.05, 0.1) is 10.9 Å². The number of carbonyl (C=O) groups excluding carboxylic acids is 1. The lowest BCUT2D eigenvalue weighted by atomic mass is 10.0. The van der Waals surface area contributed by atoms with Crippen molar-refractivity contribution in [2.24, 2.45) is 4.99 Å². The number of aliphatic imine (C=N–C) groups is 1. The molecule has 1 aliphatic heterocycles. The van der Waals surface area contributed by atoms with Gasteiger partial charge < -0.3 is 0 Å². The SMILES string of the molecule is CC1CC(N=C=O)CCN1S(=O)(=O)c1ccc(Br)cc1. The van der Waals surface area contributed by atoms with Crippen LogP contribution in [0.1, 0.15) is 19.8 Å². The summed E-state index contributed by atoms with van der Waals surface area (Å²) in [6, 6.07) is 6.28. The summed E-state index contributed by atoms with van der Waals surface area (Å²) in [6.07, 6.45) is 2.65. The molecular weight excluding hydrogens is 344 g/mol. The fourth-order valence-corrected chi connectivity index (χ4v) is 4.34. The Labute approximate surface area is 126 Å². The van der Waals surface area contributed by atoms with Crippen molar-refractivity contribution in [3.8, 4) is 0 Å². The molecule has 2 rings (SSSR count). The highest BCUT2D eigenvalue weighted by Crippen LogP contribution is 2.27. The summed E-state index contributed by atoms with van der Waals surface area (Å²) in [5.74, 6) is 0. The number of isocyanates is 1. The molecule has 5 nitrogen and oxygen atoms in total. The van der Waals surface area contributed by atoms with E-state index >= 15 is 0 Å². The van der Waals surface area contributed by atoms with Gasteiger partial charge in [0.25, 0.3) is 0 Å². The van der Waals surface area contributed by atoms with Crippen LogP contribution in [0.2, 0.25) is 0 Å². The van der Waals surface area contributed by atoms with Crippen LogP contribution in [0.25, 0.3) is 0 Å². The van der Waals surface area contributed by atoms with Crippen LogP contribution in [0.15, 0.2) is 38.6 Å². The van der Waals surface area contributed by atoms with E-state index in [0.29, 0.717) is 19.4 Å². The molecule has 2 atom stereocenters. The number of piperidine rings is 1. The Morgan fingerprint density at radius 2 is 2.00 bits per heavy atom. The minimum atomic E-state index is -3.49. The first kappa shape index (κ1) is 15.4. The van der Waals surface area contributed by atoms with Gasteiger partial charge in [-0.2, -0.15) is 4.31 Å². The molecular formula is C13H15BrN2O3S. The molecule has 0 amide bonds. The average Bonchev–Trinajstić information content (AvgIpc) is 2.39. The first-order valence-electron chi connectivity index (χ1n) is 6.29. The Bertz CT molecular complexity index is 624. The Morgan fingerprint density at radius 1 is 1.35 bits per heavy atom. The van der Waals surface area contributed by atoms with E-state index in [1.165, 1.54) is 4.31 Å². The smallest absolute Gasteiger partial charge is 0.211 e. The van der Waals surface area contributed by atoms with Gasteiger partial charge in [-0.25, -0.2) is 18.2 Å². The molecule has 0 radical (unpaired) electrons. The highest BCUT2D eigenvalue weighted by Gasteiger charge is 2.34. The molecule has 108 valence electrons. The molecule has 0 aromatic heterocycles. The standard InChI is InChI=1S/C13H15BrN2O3S/c1-10-8-12(15-9-17)6-7-16(10)20(18,19)13-4-2-11(14)3-5-13/h2-5,10,12H,6-8H2,1H3. The van der Waals surface area contributed by atoms with Gasteiger partial charge in [-0.3, -0.25) is 0 Å². The van der Waals surface area contributed by atoms with Crippen LogP contribution in [-0.2, 0) is 14.8 Å². The number of sulfonamides is 1. The van der Waals surface area contributed by atoms with Crippen LogP contribution in [-0.4, -0.2) is 37.4 Å². The first-order chi connectivity index (χ1) is 9.45. The lowest BCUT2D eigenvalue weighted by Gasteiger charge is -2.34. The molecule has 1 aliphatic rings. The number of hydrogen-bond acceptors (Lipinski definition) is 4.